The summed E-state index contributed by atoms with van der Waals surface area (Å²) in [6.07, 6.45) is 9.80. The van der Waals surface area contributed by atoms with E-state index in [0.29, 0.717) is 5.92 Å². The molecule has 25 heavy (non-hydrogen) atoms. The fraction of sp³-hybridized carbons (Fsp3) is 0.389. The normalized spacial score (nSPS) is 15.6. The van der Waals surface area contributed by atoms with Gasteiger partial charge >= 0.3 is 0 Å². The SMILES string of the molecule is OCc1csc(N2CCC(c3nccn3Cc3cccnc3)CC2)n1. The fourth-order valence-electron chi connectivity index (χ4n) is 3.35. The lowest BCUT2D eigenvalue weighted by molar-refractivity contribution is 0.277. The lowest BCUT2D eigenvalue weighted by atomic mass is 9.96. The Kier molecular flexibility index (Phi) is 4.76. The molecule has 0 unspecified atom stereocenters. The lowest BCUT2D eigenvalue weighted by Crippen LogP contribution is -2.33. The summed E-state index contributed by atoms with van der Waals surface area (Å²) in [5.41, 5.74) is 1.95. The highest BCUT2D eigenvalue weighted by Gasteiger charge is 2.25. The molecule has 3 aromatic rings. The minimum Gasteiger partial charge on any atom is -0.390 e. The summed E-state index contributed by atoms with van der Waals surface area (Å²) in [5, 5.41) is 12.1. The zero-order chi connectivity index (χ0) is 17.1. The lowest BCUT2D eigenvalue weighted by Gasteiger charge is -2.31. The van der Waals surface area contributed by atoms with Gasteiger partial charge < -0.3 is 14.6 Å². The molecule has 0 spiro atoms. The van der Waals surface area contributed by atoms with Crippen molar-refractivity contribution in [3.63, 3.8) is 0 Å². The predicted octanol–water partition coefficient (Wildman–Crippen LogP) is 2.66. The maximum absolute atomic E-state index is 9.18. The molecule has 1 N–H and O–H groups in total. The molecule has 6 nitrogen and oxygen atoms in total. The van der Waals surface area contributed by atoms with E-state index in [1.165, 1.54) is 11.4 Å². The van der Waals surface area contributed by atoms with E-state index in [0.717, 1.165) is 43.3 Å². The molecule has 0 aliphatic carbocycles. The molecule has 0 radical (unpaired) electrons. The van der Waals surface area contributed by atoms with E-state index in [1.807, 2.05) is 23.8 Å². The Morgan fingerprint density at radius 1 is 1.24 bits per heavy atom. The van der Waals surface area contributed by atoms with Gasteiger partial charge in [0, 0.05) is 49.2 Å². The van der Waals surface area contributed by atoms with E-state index >= 15 is 0 Å². The maximum atomic E-state index is 9.18. The third kappa shape index (κ3) is 3.57. The van der Waals surface area contributed by atoms with Crippen LogP contribution in [-0.4, -0.2) is 37.7 Å². The molecule has 0 saturated carbocycles. The Morgan fingerprint density at radius 3 is 2.84 bits per heavy atom. The number of piperidine rings is 1. The third-order valence-corrected chi connectivity index (χ3v) is 5.61. The molecule has 1 fully saturated rings. The van der Waals surface area contributed by atoms with Crippen LogP contribution in [0.15, 0.2) is 42.3 Å². The first-order valence-electron chi connectivity index (χ1n) is 8.53. The van der Waals surface area contributed by atoms with Crippen LogP contribution in [0.4, 0.5) is 5.13 Å². The van der Waals surface area contributed by atoms with Crippen molar-refractivity contribution in [2.75, 3.05) is 18.0 Å². The molecule has 0 aromatic carbocycles. The van der Waals surface area contributed by atoms with Gasteiger partial charge in [0.15, 0.2) is 5.13 Å². The van der Waals surface area contributed by atoms with Crippen molar-refractivity contribution >= 4 is 16.5 Å². The maximum Gasteiger partial charge on any atom is 0.185 e. The monoisotopic (exact) mass is 355 g/mol. The second-order valence-corrected chi connectivity index (χ2v) is 7.15. The molecule has 0 bridgehead atoms. The summed E-state index contributed by atoms with van der Waals surface area (Å²) in [5.74, 6) is 1.64. The van der Waals surface area contributed by atoms with E-state index in [-0.39, 0.29) is 6.61 Å². The van der Waals surface area contributed by atoms with Crippen LogP contribution in [0.3, 0.4) is 0 Å². The van der Waals surface area contributed by atoms with E-state index in [1.54, 1.807) is 17.5 Å². The molecule has 0 amide bonds. The standard InChI is InChI=1S/C18H21N5OS/c24-12-16-13-25-18(21-16)22-7-3-15(4-8-22)17-20-6-9-23(17)11-14-2-1-5-19-10-14/h1-2,5-6,9-10,13,15,24H,3-4,7-8,11-12H2. The molecule has 1 saturated heterocycles. The van der Waals surface area contributed by atoms with Crippen LogP contribution < -0.4 is 4.90 Å². The Labute approximate surface area is 150 Å². The van der Waals surface area contributed by atoms with E-state index in [9.17, 15) is 5.11 Å². The highest BCUT2D eigenvalue weighted by molar-refractivity contribution is 7.13. The van der Waals surface area contributed by atoms with Gasteiger partial charge in [-0.3, -0.25) is 4.98 Å². The quantitative estimate of drug-likeness (QED) is 0.762. The zero-order valence-corrected chi connectivity index (χ0v) is 14.8. The summed E-state index contributed by atoms with van der Waals surface area (Å²) in [7, 11) is 0. The van der Waals surface area contributed by atoms with Crippen LogP contribution in [0.5, 0.6) is 0 Å². The molecule has 1 aliphatic heterocycles. The summed E-state index contributed by atoms with van der Waals surface area (Å²) in [6, 6.07) is 4.07. The van der Waals surface area contributed by atoms with Crippen molar-refractivity contribution in [2.24, 2.45) is 0 Å². The largest absolute Gasteiger partial charge is 0.390 e. The number of hydrogen-bond acceptors (Lipinski definition) is 6. The van der Waals surface area contributed by atoms with Gasteiger partial charge in [0.25, 0.3) is 0 Å². The topological polar surface area (TPSA) is 67.1 Å². The van der Waals surface area contributed by atoms with Gasteiger partial charge in [0.05, 0.1) is 18.8 Å². The minimum atomic E-state index is 0.0126. The predicted molar refractivity (Wildman–Crippen MR) is 97.8 cm³/mol. The van der Waals surface area contributed by atoms with E-state index in [2.05, 4.69) is 36.7 Å². The zero-order valence-electron chi connectivity index (χ0n) is 14.0. The Balaban J connectivity index is 1.42. The fourth-order valence-corrected chi connectivity index (χ4v) is 4.22. The molecule has 0 atom stereocenters. The van der Waals surface area contributed by atoms with Crippen LogP contribution in [0.1, 0.15) is 35.8 Å². The van der Waals surface area contributed by atoms with Gasteiger partial charge in [-0.05, 0) is 24.5 Å². The smallest absolute Gasteiger partial charge is 0.185 e. The molecule has 1 aliphatic rings. The van der Waals surface area contributed by atoms with Gasteiger partial charge in [-0.15, -0.1) is 11.3 Å². The van der Waals surface area contributed by atoms with Crippen LogP contribution in [0, 0.1) is 0 Å². The number of nitrogens with zero attached hydrogens (tertiary/aromatic N) is 5. The minimum absolute atomic E-state index is 0.0126. The number of hydrogen-bond donors (Lipinski definition) is 1. The molecule has 4 heterocycles. The number of aliphatic hydroxyl groups is 1. The van der Waals surface area contributed by atoms with Gasteiger partial charge in [0.1, 0.15) is 5.82 Å². The number of rotatable bonds is 5. The number of aliphatic hydroxyl groups excluding tert-OH is 1. The van der Waals surface area contributed by atoms with E-state index < -0.39 is 0 Å². The van der Waals surface area contributed by atoms with Crippen LogP contribution in [-0.2, 0) is 13.2 Å². The Bertz CT molecular complexity index is 808. The summed E-state index contributed by atoms with van der Waals surface area (Å²) < 4.78 is 2.24. The van der Waals surface area contributed by atoms with Gasteiger partial charge in [-0.1, -0.05) is 6.07 Å². The summed E-state index contributed by atoms with van der Waals surface area (Å²) in [6.45, 7) is 2.78. The number of pyridine rings is 1. The van der Waals surface area contributed by atoms with Crippen molar-refractivity contribution in [2.45, 2.75) is 31.9 Å². The number of imidazole rings is 1. The van der Waals surface area contributed by atoms with Gasteiger partial charge in [-0.25, -0.2) is 9.97 Å². The van der Waals surface area contributed by atoms with E-state index in [4.69, 9.17) is 0 Å². The molecule has 3 aromatic heterocycles. The van der Waals surface area contributed by atoms with Crippen LogP contribution >= 0.6 is 11.3 Å². The van der Waals surface area contributed by atoms with Crippen molar-refractivity contribution < 1.29 is 5.11 Å². The van der Waals surface area contributed by atoms with Crippen LogP contribution in [0.25, 0.3) is 0 Å². The average Bonchev–Trinajstić information content (AvgIpc) is 3.32. The molecule has 7 heteroatoms. The molecular formula is C18H21N5OS. The van der Waals surface area contributed by atoms with Crippen molar-refractivity contribution in [3.05, 3.63) is 59.4 Å². The first-order valence-corrected chi connectivity index (χ1v) is 9.41. The number of thiazole rings is 1. The van der Waals surface area contributed by atoms with Crippen LogP contribution in [0.2, 0.25) is 0 Å². The van der Waals surface area contributed by atoms with Crippen molar-refractivity contribution in [3.8, 4) is 0 Å². The Hall–Kier alpha value is -2.25. The summed E-state index contributed by atoms with van der Waals surface area (Å²) in [4.78, 5) is 15.6. The molecule has 4 rings (SSSR count). The third-order valence-electron chi connectivity index (χ3n) is 4.66. The Morgan fingerprint density at radius 2 is 2.12 bits per heavy atom. The first-order chi connectivity index (χ1) is 12.3. The molecule has 130 valence electrons. The number of aromatic nitrogens is 4. The molecular weight excluding hydrogens is 334 g/mol. The highest BCUT2D eigenvalue weighted by atomic mass is 32.1. The number of anilines is 1. The van der Waals surface area contributed by atoms with Gasteiger partial charge in [-0.2, -0.15) is 0 Å². The van der Waals surface area contributed by atoms with Crippen molar-refractivity contribution in [1.29, 1.82) is 0 Å². The summed E-state index contributed by atoms with van der Waals surface area (Å²) >= 11 is 1.61. The average molecular weight is 355 g/mol. The highest BCUT2D eigenvalue weighted by Crippen LogP contribution is 2.31. The second kappa shape index (κ2) is 7.33. The van der Waals surface area contributed by atoms with Crippen molar-refractivity contribution in [1.82, 2.24) is 19.5 Å². The van der Waals surface area contributed by atoms with Gasteiger partial charge in [0.2, 0.25) is 0 Å². The second-order valence-electron chi connectivity index (χ2n) is 6.32. The first kappa shape index (κ1) is 16.2.